The average Bonchev–Trinajstić information content (AvgIpc) is 2.71. The summed E-state index contributed by atoms with van der Waals surface area (Å²) in [7, 11) is -10.4. The van der Waals surface area contributed by atoms with E-state index in [4.69, 9.17) is 19.6 Å². The molecule has 0 amide bonds. The number of aromatic nitrogens is 4. The van der Waals surface area contributed by atoms with Crippen LogP contribution < -0.4 is 11.2 Å². The Hall–Kier alpha value is -2.36. The van der Waals surface area contributed by atoms with Gasteiger partial charge in [0.25, 0.3) is 5.56 Å². The molecule has 16 nitrogen and oxygen atoms in total. The number of nitrogens with one attached hydrogen (secondary N) is 1. The van der Waals surface area contributed by atoms with Gasteiger partial charge in [-0.1, -0.05) is 0 Å². The molecule has 3 rings (SSSR count). The summed E-state index contributed by atoms with van der Waals surface area (Å²) in [4.78, 5) is 70.1. The van der Waals surface area contributed by atoms with E-state index in [0.29, 0.717) is 5.52 Å². The van der Waals surface area contributed by atoms with E-state index < -0.39 is 58.4 Å². The van der Waals surface area contributed by atoms with Gasteiger partial charge in [0.1, 0.15) is 18.3 Å². The highest BCUT2D eigenvalue weighted by Crippen LogP contribution is 2.41. The molecular weight excluding hydrogens is 514 g/mol. The summed E-state index contributed by atoms with van der Waals surface area (Å²) in [6, 6.07) is 3.27. The van der Waals surface area contributed by atoms with Gasteiger partial charge >= 0.3 is 21.3 Å². The lowest BCUT2D eigenvalue weighted by atomic mass is 10.1. The van der Waals surface area contributed by atoms with Crippen LogP contribution in [0.5, 0.6) is 0 Å². The fraction of sp³-hybridized carbons (Fsp3) is 0.412. The Bertz CT molecular complexity index is 1430. The van der Waals surface area contributed by atoms with Gasteiger partial charge in [-0.05, 0) is 37.1 Å². The third-order valence-electron chi connectivity index (χ3n) is 5.05. The molecule has 0 fully saturated rings. The minimum Gasteiger partial charge on any atom is -0.388 e. The van der Waals surface area contributed by atoms with E-state index in [2.05, 4.69) is 19.0 Å². The number of phosphoric acid groups is 2. The molecule has 2 heterocycles. The molecule has 0 unspecified atom stereocenters. The fourth-order valence-corrected chi connectivity index (χ4v) is 4.20. The van der Waals surface area contributed by atoms with Gasteiger partial charge in [-0.15, -0.1) is 0 Å². The SMILES string of the molecule is Cc1cc2nc3c(=O)[nH]c(=O)nc-3n(C[C@H](O)[C@H](O)[C@@H](COP(=O)(O)O)OP(=O)(O)O)c2cc1C. The number of hydrogen-bond acceptors (Lipinski definition) is 10. The molecule has 18 heteroatoms. The molecule has 2 aliphatic rings. The third kappa shape index (κ3) is 6.65. The Morgan fingerprint density at radius 1 is 1.03 bits per heavy atom. The van der Waals surface area contributed by atoms with Crippen LogP contribution in [0.1, 0.15) is 11.1 Å². The minimum absolute atomic E-state index is 0.250. The van der Waals surface area contributed by atoms with Crippen molar-refractivity contribution >= 4 is 26.7 Å². The summed E-state index contributed by atoms with van der Waals surface area (Å²) >= 11 is 0. The monoisotopic (exact) mass is 536 g/mol. The largest absolute Gasteiger partial charge is 0.470 e. The quantitative estimate of drug-likeness (QED) is 0.121. The number of H-pyrrole nitrogens is 1. The zero-order valence-corrected chi connectivity index (χ0v) is 20.0. The van der Waals surface area contributed by atoms with Crippen molar-refractivity contribution in [2.45, 2.75) is 38.7 Å². The summed E-state index contributed by atoms with van der Waals surface area (Å²) in [5.74, 6) is -0.250. The number of nitrogens with zero attached hydrogens (tertiary/aromatic N) is 3. The predicted octanol–water partition coefficient (Wildman–Crippen LogP) is -1.49. The maximum atomic E-state index is 12.3. The van der Waals surface area contributed by atoms with Crippen molar-refractivity contribution < 1.29 is 48.0 Å². The average molecular weight is 536 g/mol. The van der Waals surface area contributed by atoms with Crippen molar-refractivity contribution in [2.24, 2.45) is 0 Å². The summed E-state index contributed by atoms with van der Waals surface area (Å²) in [5.41, 5.74) is 0.0355. The van der Waals surface area contributed by atoms with Gasteiger partial charge in [0.05, 0.1) is 24.2 Å². The van der Waals surface area contributed by atoms with E-state index in [0.717, 1.165) is 11.1 Å². The number of aromatic amines is 1. The zero-order valence-electron chi connectivity index (χ0n) is 18.2. The first-order chi connectivity index (χ1) is 16.1. The highest BCUT2D eigenvalue weighted by atomic mass is 31.2. The molecule has 0 saturated heterocycles. The Balaban J connectivity index is 2.09. The second-order valence-electron chi connectivity index (χ2n) is 7.67. The normalized spacial score (nSPS) is 15.4. The van der Waals surface area contributed by atoms with Crippen LogP contribution in [0.4, 0.5) is 0 Å². The van der Waals surface area contributed by atoms with Crippen LogP contribution in [0.2, 0.25) is 0 Å². The Morgan fingerprint density at radius 2 is 1.66 bits per heavy atom. The van der Waals surface area contributed by atoms with Crippen molar-refractivity contribution in [1.29, 1.82) is 0 Å². The standard InChI is InChI=1S/C17H22N4O12P2/c1-7-3-9-10(4-8(7)2)21(15-13(18-9)16(24)20-17(25)19-15)5-11(22)14(23)12(33-35(29,30)31)6-32-34(26,27)28/h3-4,11-12,14,22-23H,5-6H2,1-2H3,(H,20,24,25)(H2,26,27,28)(H2,29,30,31)/t11-,12+,14-/m0/s1. The molecule has 35 heavy (non-hydrogen) atoms. The highest BCUT2D eigenvalue weighted by Gasteiger charge is 2.35. The smallest absolute Gasteiger partial charge is 0.388 e. The maximum absolute atomic E-state index is 12.3. The number of hydrogen-bond donors (Lipinski definition) is 7. The first-order valence-electron chi connectivity index (χ1n) is 9.78. The number of aliphatic hydroxyl groups excluding tert-OH is 2. The number of aliphatic hydroxyl groups is 2. The van der Waals surface area contributed by atoms with Crippen molar-refractivity contribution in [3.8, 4) is 11.5 Å². The lowest BCUT2D eigenvalue weighted by Gasteiger charge is -2.28. The Labute approximate surface area is 195 Å². The zero-order chi connectivity index (χ0) is 26.3. The van der Waals surface area contributed by atoms with Gasteiger partial charge in [-0.2, -0.15) is 4.98 Å². The van der Waals surface area contributed by atoms with Gasteiger partial charge in [0.15, 0.2) is 11.5 Å². The molecule has 0 radical (unpaired) electrons. The summed E-state index contributed by atoms with van der Waals surface area (Å²) < 4.78 is 32.0. The van der Waals surface area contributed by atoms with Crippen LogP contribution in [0.3, 0.4) is 0 Å². The van der Waals surface area contributed by atoms with Crippen molar-refractivity contribution in [3.63, 3.8) is 0 Å². The van der Waals surface area contributed by atoms with Crippen LogP contribution in [-0.4, -0.2) is 74.2 Å². The Kier molecular flexibility index (Phi) is 7.74. The van der Waals surface area contributed by atoms with Crippen molar-refractivity contribution in [3.05, 3.63) is 44.1 Å². The summed E-state index contributed by atoms with van der Waals surface area (Å²) in [6.45, 7) is 1.75. The lowest BCUT2D eigenvalue weighted by molar-refractivity contribution is -0.0764. The molecule has 0 aromatic heterocycles. The van der Waals surface area contributed by atoms with Crippen LogP contribution >= 0.6 is 15.6 Å². The number of rotatable bonds is 9. The van der Waals surface area contributed by atoms with E-state index in [9.17, 15) is 28.9 Å². The second kappa shape index (κ2) is 9.95. The molecule has 0 bridgehead atoms. The van der Waals surface area contributed by atoms with E-state index in [1.807, 2.05) is 4.98 Å². The fourth-order valence-electron chi connectivity index (χ4n) is 3.32. The van der Waals surface area contributed by atoms with Gasteiger partial charge in [-0.25, -0.2) is 18.9 Å². The topological polar surface area (TPSA) is 255 Å². The number of fused-ring (bicyclic) bond motifs is 2. The number of aryl methyl sites for hydroxylation is 2. The predicted molar refractivity (Wildman–Crippen MR) is 117 cm³/mol. The van der Waals surface area contributed by atoms with Gasteiger partial charge in [0, 0.05) is 0 Å². The van der Waals surface area contributed by atoms with E-state index in [-0.39, 0.29) is 17.0 Å². The summed E-state index contributed by atoms with van der Waals surface area (Å²) in [5, 5.41) is 21.2. The van der Waals surface area contributed by atoms with Gasteiger partial charge in [0.2, 0.25) is 0 Å². The summed E-state index contributed by atoms with van der Waals surface area (Å²) in [6.07, 6.45) is -6.18. The van der Waals surface area contributed by atoms with Crippen LogP contribution in [0.15, 0.2) is 21.7 Å². The molecule has 3 atom stereocenters. The lowest BCUT2D eigenvalue weighted by Crippen LogP contribution is -2.43. The number of benzene rings is 1. The van der Waals surface area contributed by atoms with Crippen LogP contribution in [0, 0.1) is 13.8 Å². The van der Waals surface area contributed by atoms with Gasteiger partial charge < -0.3 is 34.4 Å². The minimum atomic E-state index is -5.30. The molecule has 1 aromatic carbocycles. The number of phosphoric ester groups is 2. The molecule has 1 aromatic rings. The molecule has 0 aliphatic carbocycles. The molecule has 192 valence electrons. The molecule has 0 spiro atoms. The van der Waals surface area contributed by atoms with E-state index in [1.54, 1.807) is 26.0 Å². The molecule has 7 N–H and O–H groups in total. The molecular formula is C17H22N4O12P2. The third-order valence-corrected chi connectivity index (χ3v) is 6.08. The first-order valence-corrected chi connectivity index (χ1v) is 12.8. The van der Waals surface area contributed by atoms with E-state index >= 15 is 0 Å². The van der Waals surface area contributed by atoms with Crippen molar-refractivity contribution in [2.75, 3.05) is 6.61 Å². The van der Waals surface area contributed by atoms with Crippen molar-refractivity contribution in [1.82, 2.24) is 19.5 Å². The van der Waals surface area contributed by atoms with E-state index in [1.165, 1.54) is 4.57 Å². The Morgan fingerprint density at radius 3 is 2.26 bits per heavy atom. The van der Waals surface area contributed by atoms with Crippen LogP contribution in [-0.2, 0) is 24.7 Å². The van der Waals surface area contributed by atoms with Crippen LogP contribution in [0.25, 0.3) is 22.6 Å². The molecule has 2 aliphatic heterocycles. The second-order valence-corrected chi connectivity index (χ2v) is 10.1. The molecule has 0 saturated carbocycles. The first kappa shape index (κ1) is 27.2. The van der Waals surface area contributed by atoms with Gasteiger partial charge in [-0.3, -0.25) is 18.8 Å². The highest BCUT2D eigenvalue weighted by molar-refractivity contribution is 7.46. The maximum Gasteiger partial charge on any atom is 0.470 e.